The lowest BCUT2D eigenvalue weighted by Gasteiger charge is -2.20. The van der Waals surface area contributed by atoms with Crippen molar-refractivity contribution in [2.75, 3.05) is 10.7 Å². The molecule has 2 amide bonds. The Labute approximate surface area is 235 Å². The van der Waals surface area contributed by atoms with Crippen LogP contribution in [0.15, 0.2) is 109 Å². The van der Waals surface area contributed by atoms with Gasteiger partial charge in [0.25, 0.3) is 0 Å². The summed E-state index contributed by atoms with van der Waals surface area (Å²) >= 11 is 1.60. The lowest BCUT2D eigenvalue weighted by Crippen LogP contribution is -2.31. The first-order chi connectivity index (χ1) is 19.1. The maximum atomic E-state index is 13.1. The zero-order chi connectivity index (χ0) is 27.2. The van der Waals surface area contributed by atoms with Crippen LogP contribution in [0.3, 0.4) is 0 Å². The molecule has 0 aliphatic carbocycles. The van der Waals surface area contributed by atoms with Gasteiger partial charge in [-0.05, 0) is 64.6 Å². The fourth-order valence-electron chi connectivity index (χ4n) is 4.99. The van der Waals surface area contributed by atoms with Crippen LogP contribution in [0.2, 0.25) is 0 Å². The van der Waals surface area contributed by atoms with Gasteiger partial charge in [0, 0.05) is 6.42 Å². The van der Waals surface area contributed by atoms with Gasteiger partial charge in [0.15, 0.2) is 0 Å². The second-order valence-corrected chi connectivity index (χ2v) is 11.2. The number of benzene rings is 4. The van der Waals surface area contributed by atoms with Gasteiger partial charge in [0.05, 0.1) is 10.9 Å². The zero-order valence-electron chi connectivity index (χ0n) is 22.5. The Kier molecular flexibility index (Phi) is 8.43. The first kappa shape index (κ1) is 26.7. The minimum absolute atomic E-state index is 0.0997. The molecule has 0 bridgehead atoms. The Morgan fingerprint density at radius 3 is 1.72 bits per heavy atom. The van der Waals surface area contributed by atoms with E-state index in [1.165, 1.54) is 10.5 Å². The Bertz CT molecular complexity index is 1460. The number of nitrogens with zero attached hydrogens (tertiary/aromatic N) is 1. The number of carbonyl (C=O) groups is 2. The van der Waals surface area contributed by atoms with Gasteiger partial charge in [-0.15, -0.1) is 11.8 Å². The van der Waals surface area contributed by atoms with Crippen molar-refractivity contribution >= 4 is 40.4 Å². The van der Waals surface area contributed by atoms with Crippen molar-refractivity contribution < 1.29 is 9.59 Å². The Hall–Kier alpha value is -3.89. The molecule has 1 aliphatic heterocycles. The predicted molar refractivity (Wildman–Crippen MR) is 164 cm³/mol. The van der Waals surface area contributed by atoms with Crippen LogP contribution in [-0.4, -0.2) is 22.8 Å². The van der Waals surface area contributed by atoms with Gasteiger partial charge in [-0.25, -0.2) is 4.90 Å². The van der Waals surface area contributed by atoms with Gasteiger partial charge in [-0.1, -0.05) is 116 Å². The van der Waals surface area contributed by atoms with E-state index in [4.69, 9.17) is 0 Å². The monoisotopic (exact) mass is 531 g/mol. The van der Waals surface area contributed by atoms with E-state index in [-0.39, 0.29) is 23.5 Å². The summed E-state index contributed by atoms with van der Waals surface area (Å²) in [6, 6.07) is 37.4. The molecular weight excluding hydrogens is 498 g/mol. The highest BCUT2D eigenvalue weighted by Gasteiger charge is 2.39. The number of thioether (sulfide) groups is 1. The first-order valence-electron chi connectivity index (χ1n) is 13.6. The van der Waals surface area contributed by atoms with Crippen LogP contribution in [0.25, 0.3) is 11.1 Å². The van der Waals surface area contributed by atoms with Crippen LogP contribution in [0.5, 0.6) is 0 Å². The summed E-state index contributed by atoms with van der Waals surface area (Å²) in [5.41, 5.74) is 8.47. The summed E-state index contributed by atoms with van der Waals surface area (Å²) in [5.74, 6) is 0.682. The molecule has 39 heavy (non-hydrogen) atoms. The maximum Gasteiger partial charge on any atom is 0.247 e. The number of amides is 2. The van der Waals surface area contributed by atoms with Gasteiger partial charge in [-0.2, -0.15) is 0 Å². The quantitative estimate of drug-likeness (QED) is 0.124. The molecule has 0 aromatic heterocycles. The number of unbranched alkanes of at least 4 members (excludes halogenated alkanes) is 1. The molecule has 1 aliphatic rings. The number of imide groups is 1. The van der Waals surface area contributed by atoms with E-state index in [1.807, 2.05) is 36.4 Å². The second-order valence-electron chi connectivity index (χ2n) is 9.88. The summed E-state index contributed by atoms with van der Waals surface area (Å²) in [7, 11) is 0. The molecule has 4 aromatic rings. The molecule has 4 aromatic carbocycles. The van der Waals surface area contributed by atoms with Crippen molar-refractivity contribution in [2.24, 2.45) is 0 Å². The smallest absolute Gasteiger partial charge is 0.247 e. The van der Waals surface area contributed by atoms with E-state index in [9.17, 15) is 9.59 Å². The van der Waals surface area contributed by atoms with E-state index in [0.29, 0.717) is 5.69 Å². The summed E-state index contributed by atoms with van der Waals surface area (Å²) < 4.78 is 0. The van der Waals surface area contributed by atoms with Crippen LogP contribution >= 0.6 is 11.8 Å². The van der Waals surface area contributed by atoms with Crippen molar-refractivity contribution in [2.45, 2.75) is 38.4 Å². The van der Waals surface area contributed by atoms with Crippen molar-refractivity contribution in [3.8, 4) is 0 Å². The molecule has 5 rings (SSSR count). The number of hydrogen-bond donors (Lipinski definition) is 0. The van der Waals surface area contributed by atoms with E-state index < -0.39 is 0 Å². The Balaban J connectivity index is 1.60. The Morgan fingerprint density at radius 2 is 1.21 bits per heavy atom. The topological polar surface area (TPSA) is 37.4 Å². The van der Waals surface area contributed by atoms with Gasteiger partial charge < -0.3 is 0 Å². The molecule has 1 atom stereocenters. The first-order valence-corrected chi connectivity index (χ1v) is 14.6. The summed E-state index contributed by atoms with van der Waals surface area (Å²) in [5, 5.41) is -0.283. The van der Waals surface area contributed by atoms with Gasteiger partial charge in [0.2, 0.25) is 11.8 Å². The van der Waals surface area contributed by atoms with E-state index in [0.717, 1.165) is 52.0 Å². The molecule has 1 saturated heterocycles. The third kappa shape index (κ3) is 5.91. The lowest BCUT2D eigenvalue weighted by atomic mass is 9.85. The number of hydrogen-bond acceptors (Lipinski definition) is 3. The fraction of sp³-hybridized carbons (Fsp3) is 0.200. The SMILES string of the molecule is CCCCSC1CC(=O)N(c2ccc(/C(=C(\c3ccccc3)c3ccc(C)cc3)c3ccccc3)cc2)C1=O. The zero-order valence-corrected chi connectivity index (χ0v) is 23.3. The van der Waals surface area contributed by atoms with E-state index >= 15 is 0 Å². The molecule has 0 saturated carbocycles. The molecule has 4 heteroatoms. The van der Waals surface area contributed by atoms with Crippen molar-refractivity contribution in [3.63, 3.8) is 0 Å². The van der Waals surface area contributed by atoms with E-state index in [1.54, 1.807) is 11.8 Å². The highest BCUT2D eigenvalue weighted by Crippen LogP contribution is 2.38. The van der Waals surface area contributed by atoms with Crippen molar-refractivity contribution in [1.29, 1.82) is 0 Å². The van der Waals surface area contributed by atoms with Crippen LogP contribution in [0.1, 0.15) is 54.0 Å². The standard InChI is InChI=1S/C35H33NO2S/c1-3-4-23-39-31-24-32(37)36(35(31)38)30-21-19-29(20-22-30)34(27-13-9-6-10-14-27)33(26-11-7-5-8-12-26)28-17-15-25(2)16-18-28/h5-22,31H,3-4,23-24H2,1-2H3/b34-33+. The molecule has 1 fully saturated rings. The predicted octanol–water partition coefficient (Wildman–Crippen LogP) is 8.17. The highest BCUT2D eigenvalue weighted by molar-refractivity contribution is 8.00. The molecule has 0 N–H and O–H groups in total. The van der Waals surface area contributed by atoms with Crippen molar-refractivity contribution in [1.82, 2.24) is 0 Å². The average molecular weight is 532 g/mol. The summed E-state index contributed by atoms with van der Waals surface area (Å²) in [4.78, 5) is 27.4. The van der Waals surface area contributed by atoms with Crippen LogP contribution in [0, 0.1) is 6.92 Å². The number of carbonyl (C=O) groups excluding carboxylic acids is 2. The molecule has 0 radical (unpaired) electrons. The molecular formula is C35H33NO2S. The summed E-state index contributed by atoms with van der Waals surface area (Å²) in [6.07, 6.45) is 2.41. The number of anilines is 1. The van der Waals surface area contributed by atoms with Crippen molar-refractivity contribution in [3.05, 3.63) is 137 Å². The fourth-order valence-corrected chi connectivity index (χ4v) is 6.24. The van der Waals surface area contributed by atoms with E-state index in [2.05, 4.69) is 86.6 Å². The normalized spacial score (nSPS) is 15.9. The number of aryl methyl sites for hydroxylation is 1. The third-order valence-corrected chi connectivity index (χ3v) is 8.35. The molecule has 3 nitrogen and oxygen atoms in total. The summed E-state index contributed by atoms with van der Waals surface area (Å²) in [6.45, 7) is 4.23. The third-order valence-electron chi connectivity index (χ3n) is 7.05. The number of rotatable bonds is 9. The maximum absolute atomic E-state index is 13.1. The van der Waals surface area contributed by atoms with Gasteiger partial charge in [0.1, 0.15) is 0 Å². The van der Waals surface area contributed by atoms with Gasteiger partial charge >= 0.3 is 0 Å². The average Bonchev–Trinajstić information content (AvgIpc) is 3.26. The lowest BCUT2D eigenvalue weighted by molar-refractivity contribution is -0.121. The van der Waals surface area contributed by atoms with Crippen LogP contribution in [-0.2, 0) is 9.59 Å². The van der Waals surface area contributed by atoms with Crippen LogP contribution < -0.4 is 4.90 Å². The highest BCUT2D eigenvalue weighted by atomic mass is 32.2. The molecule has 1 heterocycles. The minimum atomic E-state index is -0.283. The Morgan fingerprint density at radius 1 is 0.718 bits per heavy atom. The van der Waals surface area contributed by atoms with Gasteiger partial charge in [-0.3, -0.25) is 9.59 Å². The minimum Gasteiger partial charge on any atom is -0.274 e. The molecule has 0 spiro atoms. The van der Waals surface area contributed by atoms with Crippen LogP contribution in [0.4, 0.5) is 5.69 Å². The second kappa shape index (κ2) is 12.3. The molecule has 196 valence electrons. The largest absolute Gasteiger partial charge is 0.274 e. The molecule has 1 unspecified atom stereocenters.